The van der Waals surface area contributed by atoms with Crippen LogP contribution in [0.2, 0.25) is 0 Å². The molecule has 1 aliphatic heterocycles. The topological polar surface area (TPSA) is 73.6 Å². The van der Waals surface area contributed by atoms with E-state index in [1.165, 1.54) is 0 Å². The summed E-state index contributed by atoms with van der Waals surface area (Å²) in [6, 6.07) is 8.70. The third-order valence-electron chi connectivity index (χ3n) is 3.76. The minimum absolute atomic E-state index is 0.0198. The predicted molar refractivity (Wildman–Crippen MR) is 77.7 cm³/mol. The van der Waals surface area contributed by atoms with Crippen LogP contribution in [0, 0.1) is 11.3 Å². The van der Waals surface area contributed by atoms with Gasteiger partial charge in [-0.15, -0.1) is 0 Å². The van der Waals surface area contributed by atoms with Crippen LogP contribution in [0.15, 0.2) is 24.3 Å². The molecule has 1 fully saturated rings. The van der Waals surface area contributed by atoms with E-state index in [2.05, 4.69) is 0 Å². The Hall–Kier alpha value is -2.06. The molecule has 0 radical (unpaired) electrons. The molecule has 0 aliphatic carbocycles. The van der Waals surface area contributed by atoms with Crippen LogP contribution in [0.25, 0.3) is 0 Å². The molecule has 1 N–H and O–H groups in total. The third-order valence-corrected chi connectivity index (χ3v) is 3.76. The summed E-state index contributed by atoms with van der Waals surface area (Å²) in [5, 5.41) is 18.7. The Kier molecular flexibility index (Phi) is 4.81. The molecule has 1 heterocycles. The maximum atomic E-state index is 12.1. The summed E-state index contributed by atoms with van der Waals surface area (Å²) in [5.41, 5.74) is -0.119. The second-order valence-electron chi connectivity index (χ2n) is 5.66. The number of benzene rings is 1. The maximum Gasteiger partial charge on any atom is 0.260 e. The highest BCUT2D eigenvalue weighted by Gasteiger charge is 2.27. The van der Waals surface area contributed by atoms with Gasteiger partial charge in [-0.2, -0.15) is 5.26 Å². The fourth-order valence-corrected chi connectivity index (χ4v) is 2.37. The monoisotopic (exact) mass is 288 g/mol. The van der Waals surface area contributed by atoms with Gasteiger partial charge in [-0.25, -0.2) is 0 Å². The van der Waals surface area contributed by atoms with E-state index in [-0.39, 0.29) is 12.5 Å². The van der Waals surface area contributed by atoms with Gasteiger partial charge in [0.15, 0.2) is 6.61 Å². The first-order valence-corrected chi connectivity index (χ1v) is 7.13. The van der Waals surface area contributed by atoms with Gasteiger partial charge in [-0.3, -0.25) is 4.79 Å². The number of hydrogen-bond donors (Lipinski definition) is 1. The van der Waals surface area contributed by atoms with Crippen molar-refractivity contribution in [1.29, 1.82) is 5.26 Å². The normalized spacial score (nSPS) is 22.2. The third kappa shape index (κ3) is 4.47. The average Bonchev–Trinajstić information content (AvgIpc) is 2.66. The summed E-state index contributed by atoms with van der Waals surface area (Å²) in [6.07, 6.45) is 2.11. The molecule has 5 heteroatoms. The molecule has 1 aliphatic rings. The van der Waals surface area contributed by atoms with E-state index >= 15 is 0 Å². The van der Waals surface area contributed by atoms with Gasteiger partial charge in [-0.1, -0.05) is 0 Å². The van der Waals surface area contributed by atoms with Gasteiger partial charge in [0, 0.05) is 13.1 Å². The summed E-state index contributed by atoms with van der Waals surface area (Å²) in [4.78, 5) is 13.9. The van der Waals surface area contributed by atoms with Crippen molar-refractivity contribution in [3.8, 4) is 11.8 Å². The molecule has 1 atom stereocenters. The molecular formula is C16H20N2O3. The van der Waals surface area contributed by atoms with Crippen molar-refractivity contribution >= 4 is 5.91 Å². The number of rotatable bonds is 3. The predicted octanol–water partition coefficient (Wildman–Crippen LogP) is 1.70. The molecular weight excluding hydrogens is 268 g/mol. The van der Waals surface area contributed by atoms with E-state index in [1.54, 1.807) is 29.2 Å². The van der Waals surface area contributed by atoms with Gasteiger partial charge >= 0.3 is 0 Å². The highest BCUT2D eigenvalue weighted by atomic mass is 16.5. The zero-order valence-corrected chi connectivity index (χ0v) is 12.2. The molecule has 1 amide bonds. The zero-order chi connectivity index (χ0) is 15.3. The van der Waals surface area contributed by atoms with Gasteiger partial charge in [0.25, 0.3) is 5.91 Å². The van der Waals surface area contributed by atoms with Gasteiger partial charge in [0.1, 0.15) is 5.75 Å². The van der Waals surface area contributed by atoms with E-state index < -0.39 is 5.60 Å². The molecule has 0 aromatic heterocycles. The highest BCUT2D eigenvalue weighted by Crippen LogP contribution is 2.21. The van der Waals surface area contributed by atoms with Crippen molar-refractivity contribution in [3.05, 3.63) is 29.8 Å². The second kappa shape index (κ2) is 6.59. The number of amides is 1. The lowest BCUT2D eigenvalue weighted by atomic mass is 9.98. The largest absolute Gasteiger partial charge is 0.484 e. The van der Waals surface area contributed by atoms with Crippen LogP contribution < -0.4 is 4.74 Å². The summed E-state index contributed by atoms with van der Waals surface area (Å²) in [5.74, 6) is 0.501. The quantitative estimate of drug-likeness (QED) is 0.918. The Bertz CT molecular complexity index is 531. The fourth-order valence-electron chi connectivity index (χ4n) is 2.37. The lowest BCUT2D eigenvalue weighted by molar-refractivity contribution is -0.133. The van der Waals surface area contributed by atoms with Crippen LogP contribution in [0.3, 0.4) is 0 Å². The molecule has 21 heavy (non-hydrogen) atoms. The smallest absolute Gasteiger partial charge is 0.260 e. The van der Waals surface area contributed by atoms with Gasteiger partial charge in [0.05, 0.1) is 17.2 Å². The summed E-state index contributed by atoms with van der Waals surface area (Å²) >= 11 is 0. The van der Waals surface area contributed by atoms with Crippen LogP contribution in [-0.4, -0.2) is 41.2 Å². The second-order valence-corrected chi connectivity index (χ2v) is 5.66. The molecule has 112 valence electrons. The first-order valence-electron chi connectivity index (χ1n) is 7.13. The number of carbonyl (C=O) groups excluding carboxylic acids is 1. The van der Waals surface area contributed by atoms with Gasteiger partial charge in [0.2, 0.25) is 0 Å². The molecule has 1 aromatic rings. The Morgan fingerprint density at radius 3 is 2.76 bits per heavy atom. The van der Waals surface area contributed by atoms with Crippen molar-refractivity contribution < 1.29 is 14.6 Å². The van der Waals surface area contributed by atoms with Crippen LogP contribution >= 0.6 is 0 Å². The van der Waals surface area contributed by atoms with E-state index in [9.17, 15) is 9.90 Å². The molecule has 2 rings (SSSR count). The minimum atomic E-state index is -0.678. The van der Waals surface area contributed by atoms with E-state index in [0.29, 0.717) is 37.2 Å². The Labute approximate surface area is 124 Å². The number of ether oxygens (including phenoxy) is 1. The number of carbonyl (C=O) groups is 1. The number of hydrogen-bond acceptors (Lipinski definition) is 4. The van der Waals surface area contributed by atoms with Crippen molar-refractivity contribution in [1.82, 2.24) is 4.90 Å². The summed E-state index contributed by atoms with van der Waals surface area (Å²) in [7, 11) is 0. The molecule has 0 saturated carbocycles. The van der Waals surface area contributed by atoms with E-state index in [0.717, 1.165) is 6.42 Å². The highest BCUT2D eigenvalue weighted by molar-refractivity contribution is 5.77. The molecule has 5 nitrogen and oxygen atoms in total. The van der Waals surface area contributed by atoms with Gasteiger partial charge < -0.3 is 14.7 Å². The Morgan fingerprint density at radius 1 is 1.38 bits per heavy atom. The van der Waals surface area contributed by atoms with Gasteiger partial charge in [-0.05, 0) is 50.5 Å². The van der Waals surface area contributed by atoms with Crippen LogP contribution in [0.4, 0.5) is 0 Å². The van der Waals surface area contributed by atoms with Crippen LogP contribution in [-0.2, 0) is 4.79 Å². The van der Waals surface area contributed by atoms with E-state index in [1.807, 2.05) is 13.0 Å². The number of nitrogens with zero attached hydrogens (tertiary/aromatic N) is 2. The lowest BCUT2D eigenvalue weighted by Crippen LogP contribution is -2.36. The standard InChI is InChI=1S/C16H20N2O3/c1-16(20)7-2-9-18(10-8-16)15(19)12-21-14-5-3-13(11-17)4-6-14/h3-6,20H,2,7-10,12H2,1H3. The molecule has 1 aromatic carbocycles. The van der Waals surface area contributed by atoms with Crippen molar-refractivity contribution in [3.63, 3.8) is 0 Å². The summed E-state index contributed by atoms with van der Waals surface area (Å²) < 4.78 is 5.45. The SMILES string of the molecule is CC1(O)CCCN(C(=O)COc2ccc(C#N)cc2)CC1. The average molecular weight is 288 g/mol. The summed E-state index contributed by atoms with van der Waals surface area (Å²) in [6.45, 7) is 3.01. The molecule has 1 unspecified atom stereocenters. The minimum Gasteiger partial charge on any atom is -0.484 e. The Morgan fingerprint density at radius 2 is 2.10 bits per heavy atom. The maximum absolute atomic E-state index is 12.1. The van der Waals surface area contributed by atoms with Crippen molar-refractivity contribution in [2.45, 2.75) is 31.8 Å². The number of aliphatic hydroxyl groups is 1. The molecule has 1 saturated heterocycles. The van der Waals surface area contributed by atoms with E-state index in [4.69, 9.17) is 10.00 Å². The van der Waals surface area contributed by atoms with Crippen LogP contribution in [0.5, 0.6) is 5.75 Å². The first-order chi connectivity index (χ1) is 10.00. The zero-order valence-electron chi connectivity index (χ0n) is 12.2. The Balaban J connectivity index is 1.85. The fraction of sp³-hybridized carbons (Fsp3) is 0.500. The number of likely N-dealkylation sites (tertiary alicyclic amines) is 1. The first kappa shape index (κ1) is 15.3. The van der Waals surface area contributed by atoms with Crippen molar-refractivity contribution in [2.75, 3.05) is 19.7 Å². The van der Waals surface area contributed by atoms with Crippen molar-refractivity contribution in [2.24, 2.45) is 0 Å². The van der Waals surface area contributed by atoms with Crippen LogP contribution in [0.1, 0.15) is 31.7 Å². The molecule has 0 spiro atoms. The lowest BCUT2D eigenvalue weighted by Gasteiger charge is -2.22. The number of nitriles is 1. The molecule has 0 bridgehead atoms.